The molecule has 2 fully saturated rings. The highest BCUT2D eigenvalue weighted by Crippen LogP contribution is 2.34. The van der Waals surface area contributed by atoms with Crippen molar-refractivity contribution in [2.24, 2.45) is 5.92 Å². The van der Waals surface area contributed by atoms with Gasteiger partial charge < -0.3 is 14.6 Å². The Kier molecular flexibility index (Phi) is 3.67. The largest absolute Gasteiger partial charge is 0.494 e. The van der Waals surface area contributed by atoms with Crippen LogP contribution < -0.4 is 4.90 Å². The topological polar surface area (TPSA) is 88.3 Å². The molecular weight excluding hydrogens is 328 g/mol. The van der Waals surface area contributed by atoms with Crippen LogP contribution >= 0.6 is 0 Å². The van der Waals surface area contributed by atoms with E-state index < -0.39 is 9.84 Å². The van der Waals surface area contributed by atoms with Crippen molar-refractivity contribution >= 4 is 26.7 Å². The molecule has 0 radical (unpaired) electrons. The standard InChI is InChI=1S/C16H22N4O3S/c1-11-2-5-19(6-3-11)16-17-8-13-14(18-16)9-20(15(13)21)12-4-7-24(22,23)10-12/h8-9,11-12,21H,2-7,10H2,1H3. The van der Waals surface area contributed by atoms with Gasteiger partial charge in [-0.05, 0) is 25.2 Å². The predicted molar refractivity (Wildman–Crippen MR) is 92.1 cm³/mol. The number of hydrogen-bond acceptors (Lipinski definition) is 6. The molecule has 0 aliphatic carbocycles. The van der Waals surface area contributed by atoms with Gasteiger partial charge in [0.05, 0.1) is 28.5 Å². The summed E-state index contributed by atoms with van der Waals surface area (Å²) in [6.45, 7) is 4.15. The fourth-order valence-corrected chi connectivity index (χ4v) is 5.33. The van der Waals surface area contributed by atoms with E-state index in [0.717, 1.165) is 31.8 Å². The normalized spacial score (nSPS) is 24.7. The van der Waals surface area contributed by atoms with Gasteiger partial charge in [-0.3, -0.25) is 0 Å². The highest BCUT2D eigenvalue weighted by atomic mass is 32.2. The van der Waals surface area contributed by atoms with Crippen molar-refractivity contribution in [2.45, 2.75) is 32.2 Å². The summed E-state index contributed by atoms with van der Waals surface area (Å²) >= 11 is 0. The SMILES string of the molecule is CC1CCN(c2ncc3c(O)n(C4CCS(=O)(=O)C4)cc3n2)CC1. The highest BCUT2D eigenvalue weighted by molar-refractivity contribution is 7.91. The summed E-state index contributed by atoms with van der Waals surface area (Å²) in [6, 6.07) is -0.219. The Labute approximate surface area is 141 Å². The number of anilines is 1. The van der Waals surface area contributed by atoms with Gasteiger partial charge in [0.15, 0.2) is 9.84 Å². The third-order valence-corrected chi connectivity index (χ3v) is 6.97. The smallest absolute Gasteiger partial charge is 0.225 e. The molecule has 4 heterocycles. The van der Waals surface area contributed by atoms with Crippen LogP contribution in [-0.4, -0.2) is 52.7 Å². The molecule has 1 atom stereocenters. The molecule has 0 saturated carbocycles. The van der Waals surface area contributed by atoms with Gasteiger partial charge >= 0.3 is 0 Å². The van der Waals surface area contributed by atoms with E-state index in [1.165, 1.54) is 0 Å². The van der Waals surface area contributed by atoms with Crippen LogP contribution in [0.2, 0.25) is 0 Å². The van der Waals surface area contributed by atoms with Crippen LogP contribution in [0.5, 0.6) is 5.88 Å². The first-order valence-corrected chi connectivity index (χ1v) is 10.3. The number of piperidine rings is 1. The fraction of sp³-hybridized carbons (Fsp3) is 0.625. The van der Waals surface area contributed by atoms with Gasteiger partial charge in [-0.2, -0.15) is 0 Å². The lowest BCUT2D eigenvalue weighted by Gasteiger charge is -2.30. The molecule has 130 valence electrons. The second kappa shape index (κ2) is 5.61. The molecule has 2 aromatic rings. The molecular formula is C16H22N4O3S. The van der Waals surface area contributed by atoms with Gasteiger partial charge in [-0.1, -0.05) is 6.92 Å². The minimum Gasteiger partial charge on any atom is -0.494 e. The van der Waals surface area contributed by atoms with Crippen molar-refractivity contribution in [1.82, 2.24) is 14.5 Å². The van der Waals surface area contributed by atoms with Crippen LogP contribution in [0.15, 0.2) is 12.4 Å². The molecule has 8 heteroatoms. The molecule has 0 bridgehead atoms. The van der Waals surface area contributed by atoms with Crippen molar-refractivity contribution in [2.75, 3.05) is 29.5 Å². The number of sulfone groups is 1. The Morgan fingerprint density at radius 3 is 2.67 bits per heavy atom. The lowest BCUT2D eigenvalue weighted by Crippen LogP contribution is -2.33. The van der Waals surface area contributed by atoms with Crippen LogP contribution in [0.1, 0.15) is 32.2 Å². The van der Waals surface area contributed by atoms with Crippen LogP contribution in [-0.2, 0) is 9.84 Å². The number of fused-ring (bicyclic) bond motifs is 1. The summed E-state index contributed by atoms with van der Waals surface area (Å²) in [5.41, 5.74) is 0.667. The van der Waals surface area contributed by atoms with E-state index in [4.69, 9.17) is 0 Å². The Balaban J connectivity index is 1.66. The van der Waals surface area contributed by atoms with Crippen LogP contribution in [0, 0.1) is 5.92 Å². The molecule has 4 rings (SSSR count). The van der Waals surface area contributed by atoms with E-state index in [-0.39, 0.29) is 23.4 Å². The Hall–Kier alpha value is -1.83. The van der Waals surface area contributed by atoms with E-state index >= 15 is 0 Å². The van der Waals surface area contributed by atoms with Crippen molar-refractivity contribution in [3.63, 3.8) is 0 Å². The second-order valence-corrected chi connectivity index (χ2v) is 9.28. The Morgan fingerprint density at radius 1 is 1.25 bits per heavy atom. The van der Waals surface area contributed by atoms with E-state index in [1.54, 1.807) is 17.0 Å². The zero-order chi connectivity index (χ0) is 16.9. The third kappa shape index (κ3) is 2.72. The van der Waals surface area contributed by atoms with Crippen molar-refractivity contribution in [3.8, 4) is 5.88 Å². The van der Waals surface area contributed by atoms with Crippen molar-refractivity contribution in [3.05, 3.63) is 12.4 Å². The van der Waals surface area contributed by atoms with Gasteiger partial charge in [0.2, 0.25) is 11.8 Å². The average Bonchev–Trinajstić information content (AvgIpc) is 3.07. The zero-order valence-electron chi connectivity index (χ0n) is 13.7. The summed E-state index contributed by atoms with van der Waals surface area (Å²) in [7, 11) is -3.00. The number of aromatic nitrogens is 3. The van der Waals surface area contributed by atoms with Crippen molar-refractivity contribution in [1.29, 1.82) is 0 Å². The summed E-state index contributed by atoms with van der Waals surface area (Å²) < 4.78 is 25.0. The van der Waals surface area contributed by atoms with Crippen molar-refractivity contribution < 1.29 is 13.5 Å². The van der Waals surface area contributed by atoms with Gasteiger partial charge in [-0.15, -0.1) is 0 Å². The maximum Gasteiger partial charge on any atom is 0.225 e. The van der Waals surface area contributed by atoms with Gasteiger partial charge in [0.1, 0.15) is 0 Å². The number of nitrogens with zero attached hydrogens (tertiary/aromatic N) is 4. The molecule has 1 N–H and O–H groups in total. The van der Waals surface area contributed by atoms with Crippen LogP contribution in [0.4, 0.5) is 5.95 Å². The second-order valence-electron chi connectivity index (χ2n) is 7.06. The van der Waals surface area contributed by atoms with Gasteiger partial charge in [0.25, 0.3) is 0 Å². The Morgan fingerprint density at radius 2 is 2.00 bits per heavy atom. The predicted octanol–water partition coefficient (Wildman–Crippen LogP) is 1.73. The van der Waals surface area contributed by atoms with E-state index in [2.05, 4.69) is 21.8 Å². The van der Waals surface area contributed by atoms with E-state index in [9.17, 15) is 13.5 Å². The van der Waals surface area contributed by atoms with E-state index in [1.807, 2.05) is 0 Å². The quantitative estimate of drug-likeness (QED) is 0.887. The number of aromatic hydroxyl groups is 1. The summed E-state index contributed by atoms with van der Waals surface area (Å²) in [6.07, 6.45) is 6.20. The molecule has 7 nitrogen and oxygen atoms in total. The molecule has 24 heavy (non-hydrogen) atoms. The summed E-state index contributed by atoms with van der Waals surface area (Å²) in [4.78, 5) is 11.2. The summed E-state index contributed by atoms with van der Waals surface area (Å²) in [5, 5.41) is 11.0. The average molecular weight is 350 g/mol. The van der Waals surface area contributed by atoms with Gasteiger partial charge in [0, 0.05) is 25.5 Å². The Bertz CT molecular complexity index is 869. The number of rotatable bonds is 2. The first-order chi connectivity index (χ1) is 11.4. The third-order valence-electron chi connectivity index (χ3n) is 5.22. The minimum absolute atomic E-state index is 0.0610. The fourth-order valence-electron chi connectivity index (χ4n) is 3.62. The molecule has 0 amide bonds. The molecule has 2 saturated heterocycles. The lowest BCUT2D eigenvalue weighted by atomic mass is 10.00. The molecule has 0 aromatic carbocycles. The molecule has 0 spiro atoms. The molecule has 2 aliphatic heterocycles. The molecule has 2 aliphatic rings. The molecule has 2 aromatic heterocycles. The maximum atomic E-state index is 11.7. The highest BCUT2D eigenvalue weighted by Gasteiger charge is 2.31. The maximum absolute atomic E-state index is 11.7. The minimum atomic E-state index is -3.00. The number of hydrogen-bond donors (Lipinski definition) is 1. The lowest BCUT2D eigenvalue weighted by molar-refractivity contribution is 0.398. The first-order valence-electron chi connectivity index (χ1n) is 8.45. The molecule has 1 unspecified atom stereocenters. The zero-order valence-corrected chi connectivity index (χ0v) is 14.5. The van der Waals surface area contributed by atoms with E-state index in [0.29, 0.717) is 23.3 Å². The summed E-state index contributed by atoms with van der Waals surface area (Å²) in [5.74, 6) is 1.73. The van der Waals surface area contributed by atoms with Crippen LogP contribution in [0.25, 0.3) is 10.9 Å². The van der Waals surface area contributed by atoms with Gasteiger partial charge in [-0.25, -0.2) is 18.4 Å². The van der Waals surface area contributed by atoms with Crippen LogP contribution in [0.3, 0.4) is 0 Å². The monoisotopic (exact) mass is 350 g/mol. The first kappa shape index (κ1) is 15.7.